The van der Waals surface area contributed by atoms with Crippen LogP contribution in [0.1, 0.15) is 22.3 Å². The van der Waals surface area contributed by atoms with Crippen LogP contribution in [-0.4, -0.2) is 29.6 Å². The van der Waals surface area contributed by atoms with Gasteiger partial charge >= 0.3 is 12.2 Å². The average Bonchev–Trinajstić information content (AvgIpc) is 3.24. The smallest absolute Gasteiger partial charge is 0.416 e. The third-order valence-corrected chi connectivity index (χ3v) is 5.85. The van der Waals surface area contributed by atoms with Crippen molar-refractivity contribution in [2.75, 3.05) is 19.0 Å². The number of ether oxygens (including phenoxy) is 1. The van der Waals surface area contributed by atoms with Crippen molar-refractivity contribution in [2.24, 2.45) is 0 Å². The predicted molar refractivity (Wildman–Crippen MR) is 131 cm³/mol. The number of H-pyrrole nitrogens is 1. The van der Waals surface area contributed by atoms with Gasteiger partial charge in [-0.3, -0.25) is 0 Å². The number of nitrogens with zero attached hydrogens (tertiary/aromatic N) is 1. The van der Waals surface area contributed by atoms with Crippen molar-refractivity contribution in [3.05, 3.63) is 95.2 Å². The second-order valence-electron chi connectivity index (χ2n) is 8.39. The summed E-state index contributed by atoms with van der Waals surface area (Å²) in [6.07, 6.45) is -2.04. The number of hydrogen-bond donors (Lipinski definition) is 2. The lowest BCUT2D eigenvalue weighted by Crippen LogP contribution is -2.36. The van der Waals surface area contributed by atoms with Crippen molar-refractivity contribution in [1.29, 1.82) is 0 Å². The summed E-state index contributed by atoms with van der Waals surface area (Å²) in [7, 11) is 1.61. The van der Waals surface area contributed by atoms with Crippen LogP contribution in [0.15, 0.2) is 72.9 Å². The molecule has 182 valence electrons. The summed E-state index contributed by atoms with van der Waals surface area (Å²) in [6, 6.07) is 17.7. The van der Waals surface area contributed by atoms with Crippen LogP contribution >= 0.6 is 0 Å². The standard InChI is InChI=1S/C27H26F3N3O2/c1-18-6-8-19(9-7-18)17-33(26(34)32-22-5-3-4-21(14-22)27(28,29)30)13-12-20-16-31-25-11-10-23(35-2)15-24(20)25/h3-11,14-16,31H,12-13,17H2,1-2H3,(H,32,34). The molecule has 0 aliphatic rings. The number of urea groups is 1. The fraction of sp³-hybridized carbons (Fsp3) is 0.222. The first-order valence-electron chi connectivity index (χ1n) is 11.2. The number of aromatic amines is 1. The van der Waals surface area contributed by atoms with Crippen LogP contribution in [0.3, 0.4) is 0 Å². The van der Waals surface area contributed by atoms with Gasteiger partial charge in [0, 0.05) is 35.9 Å². The summed E-state index contributed by atoms with van der Waals surface area (Å²) in [5, 5.41) is 3.63. The number of nitrogens with one attached hydrogen (secondary N) is 2. The highest BCUT2D eigenvalue weighted by Gasteiger charge is 2.30. The van der Waals surface area contributed by atoms with E-state index in [0.29, 0.717) is 19.5 Å². The Morgan fingerprint density at radius 2 is 1.83 bits per heavy atom. The molecular formula is C27H26F3N3O2. The van der Waals surface area contributed by atoms with Gasteiger partial charge < -0.3 is 19.9 Å². The van der Waals surface area contributed by atoms with E-state index < -0.39 is 17.8 Å². The minimum Gasteiger partial charge on any atom is -0.497 e. The second kappa shape index (κ2) is 10.1. The molecule has 1 aromatic heterocycles. The van der Waals surface area contributed by atoms with Crippen LogP contribution in [0.4, 0.5) is 23.7 Å². The Morgan fingerprint density at radius 3 is 2.54 bits per heavy atom. The molecule has 35 heavy (non-hydrogen) atoms. The Labute approximate surface area is 201 Å². The Kier molecular flexibility index (Phi) is 7.00. The van der Waals surface area contributed by atoms with Crippen molar-refractivity contribution < 1.29 is 22.7 Å². The summed E-state index contributed by atoms with van der Waals surface area (Å²) < 4.78 is 44.7. The monoisotopic (exact) mass is 481 g/mol. The van der Waals surface area contributed by atoms with E-state index >= 15 is 0 Å². The van der Waals surface area contributed by atoms with Crippen LogP contribution in [0.25, 0.3) is 10.9 Å². The number of benzene rings is 3. The van der Waals surface area contributed by atoms with E-state index in [1.165, 1.54) is 12.1 Å². The molecule has 2 N–H and O–H groups in total. The maximum Gasteiger partial charge on any atom is 0.416 e. The molecule has 4 aromatic rings. The van der Waals surface area contributed by atoms with E-state index in [1.54, 1.807) is 12.0 Å². The molecule has 0 unspecified atom stereocenters. The highest BCUT2D eigenvalue weighted by Crippen LogP contribution is 2.31. The first kappa shape index (κ1) is 24.2. The van der Waals surface area contributed by atoms with Gasteiger partial charge in [0.05, 0.1) is 12.7 Å². The SMILES string of the molecule is COc1ccc2[nH]cc(CCN(Cc3ccc(C)cc3)C(=O)Nc3cccc(C(F)(F)F)c3)c2c1. The minimum absolute atomic E-state index is 0.0931. The van der Waals surface area contributed by atoms with Crippen molar-refractivity contribution >= 4 is 22.6 Å². The number of methoxy groups -OCH3 is 1. The Morgan fingerprint density at radius 1 is 1.06 bits per heavy atom. The van der Waals surface area contributed by atoms with Gasteiger partial charge in [0.1, 0.15) is 5.75 Å². The molecule has 8 heteroatoms. The second-order valence-corrected chi connectivity index (χ2v) is 8.39. The number of alkyl halides is 3. The molecule has 0 fully saturated rings. The molecule has 4 rings (SSSR count). The molecule has 0 spiro atoms. The maximum absolute atomic E-state index is 13.2. The Bertz CT molecular complexity index is 1310. The van der Waals surface area contributed by atoms with Crippen LogP contribution in [0.5, 0.6) is 5.75 Å². The molecule has 5 nitrogen and oxygen atoms in total. The Balaban J connectivity index is 1.55. The number of anilines is 1. The molecule has 2 amide bonds. The lowest BCUT2D eigenvalue weighted by molar-refractivity contribution is -0.137. The summed E-state index contributed by atoms with van der Waals surface area (Å²) in [5.74, 6) is 0.733. The third-order valence-electron chi connectivity index (χ3n) is 5.85. The van der Waals surface area contributed by atoms with E-state index in [1.807, 2.05) is 55.6 Å². The van der Waals surface area contributed by atoms with Gasteiger partial charge in [-0.2, -0.15) is 13.2 Å². The van der Waals surface area contributed by atoms with Gasteiger partial charge in [-0.1, -0.05) is 35.9 Å². The van der Waals surface area contributed by atoms with Crippen molar-refractivity contribution in [2.45, 2.75) is 26.1 Å². The summed E-state index contributed by atoms with van der Waals surface area (Å²) in [6.45, 7) is 2.66. The zero-order chi connectivity index (χ0) is 25.0. The van der Waals surface area contributed by atoms with E-state index in [-0.39, 0.29) is 5.69 Å². The number of carbonyl (C=O) groups is 1. The summed E-state index contributed by atoms with van der Waals surface area (Å²) in [5.41, 5.74) is 3.28. The van der Waals surface area contributed by atoms with E-state index in [9.17, 15) is 18.0 Å². The molecule has 0 saturated carbocycles. The fourth-order valence-corrected chi connectivity index (χ4v) is 3.89. The number of aromatic nitrogens is 1. The van der Waals surface area contributed by atoms with Crippen molar-refractivity contribution in [3.8, 4) is 5.75 Å². The molecule has 0 radical (unpaired) electrons. The van der Waals surface area contributed by atoms with Gasteiger partial charge in [-0.25, -0.2) is 4.79 Å². The molecule has 3 aromatic carbocycles. The fourth-order valence-electron chi connectivity index (χ4n) is 3.89. The minimum atomic E-state index is -4.49. The first-order chi connectivity index (χ1) is 16.7. The van der Waals surface area contributed by atoms with Crippen LogP contribution in [0, 0.1) is 6.92 Å². The first-order valence-corrected chi connectivity index (χ1v) is 11.2. The molecular weight excluding hydrogens is 455 g/mol. The number of halogens is 3. The van der Waals surface area contributed by atoms with Crippen molar-refractivity contribution in [1.82, 2.24) is 9.88 Å². The van der Waals surface area contributed by atoms with Gasteiger partial charge in [0.25, 0.3) is 0 Å². The van der Waals surface area contributed by atoms with Gasteiger partial charge in [-0.15, -0.1) is 0 Å². The number of aryl methyl sites for hydroxylation is 1. The zero-order valence-electron chi connectivity index (χ0n) is 19.4. The molecule has 0 bridgehead atoms. The summed E-state index contributed by atoms with van der Waals surface area (Å²) in [4.78, 5) is 18.0. The van der Waals surface area contributed by atoms with Gasteiger partial charge in [0.15, 0.2) is 0 Å². The predicted octanol–water partition coefficient (Wildman–Crippen LogP) is 6.78. The molecule has 0 aliphatic carbocycles. The quantitative estimate of drug-likeness (QED) is 0.306. The number of rotatable bonds is 7. The number of carbonyl (C=O) groups excluding carboxylic acids is 1. The number of hydrogen-bond acceptors (Lipinski definition) is 2. The number of fused-ring (bicyclic) bond motifs is 1. The lowest BCUT2D eigenvalue weighted by atomic mass is 10.1. The van der Waals surface area contributed by atoms with Gasteiger partial charge in [0.2, 0.25) is 0 Å². The lowest BCUT2D eigenvalue weighted by Gasteiger charge is -2.24. The highest BCUT2D eigenvalue weighted by atomic mass is 19.4. The van der Waals surface area contributed by atoms with E-state index in [0.717, 1.165) is 45.5 Å². The maximum atomic E-state index is 13.2. The largest absolute Gasteiger partial charge is 0.497 e. The molecule has 1 heterocycles. The average molecular weight is 482 g/mol. The van der Waals surface area contributed by atoms with E-state index in [2.05, 4.69) is 10.3 Å². The van der Waals surface area contributed by atoms with E-state index in [4.69, 9.17) is 4.74 Å². The van der Waals surface area contributed by atoms with Crippen LogP contribution in [0.2, 0.25) is 0 Å². The Hall–Kier alpha value is -3.94. The third kappa shape index (κ3) is 5.95. The van der Waals surface area contributed by atoms with Crippen LogP contribution in [-0.2, 0) is 19.1 Å². The molecule has 0 aliphatic heterocycles. The topological polar surface area (TPSA) is 57.4 Å². The van der Waals surface area contributed by atoms with Crippen LogP contribution < -0.4 is 10.1 Å². The van der Waals surface area contributed by atoms with Crippen molar-refractivity contribution in [3.63, 3.8) is 0 Å². The van der Waals surface area contributed by atoms with Gasteiger partial charge in [-0.05, 0) is 60.9 Å². The molecule has 0 saturated heterocycles. The normalized spacial score (nSPS) is 11.5. The highest BCUT2D eigenvalue weighted by molar-refractivity contribution is 5.89. The zero-order valence-corrected chi connectivity index (χ0v) is 19.4. The number of amides is 2. The molecule has 0 atom stereocenters. The summed E-state index contributed by atoms with van der Waals surface area (Å²) >= 11 is 0.